The van der Waals surface area contributed by atoms with E-state index < -0.39 is 0 Å². The Hall–Kier alpha value is -1.09. The molecule has 1 aromatic heterocycles. The molecule has 0 atom stereocenters. The van der Waals surface area contributed by atoms with Gasteiger partial charge in [-0.05, 0) is 25.0 Å². The van der Waals surface area contributed by atoms with Crippen LogP contribution in [0.1, 0.15) is 23.3 Å². The summed E-state index contributed by atoms with van der Waals surface area (Å²) in [4.78, 5) is 14.2. The number of carbonyl (C=O) groups excluding carboxylic acids is 1. The second kappa shape index (κ2) is 3.34. The van der Waals surface area contributed by atoms with Crippen LogP contribution in [0, 0.1) is 0 Å². The van der Waals surface area contributed by atoms with Gasteiger partial charge in [0, 0.05) is 0 Å². The summed E-state index contributed by atoms with van der Waals surface area (Å²) in [6.07, 6.45) is 3.10. The summed E-state index contributed by atoms with van der Waals surface area (Å²) >= 11 is 5.79. The van der Waals surface area contributed by atoms with Crippen LogP contribution >= 0.6 is 11.6 Å². The molecule has 13 heavy (non-hydrogen) atoms. The van der Waals surface area contributed by atoms with E-state index >= 15 is 0 Å². The maximum Gasteiger partial charge on any atom is 0.171 e. The zero-order valence-corrected chi connectivity index (χ0v) is 7.62. The smallest absolute Gasteiger partial charge is 0.171 e. The number of nitrogens with zero attached hydrogens (tertiary/aromatic N) is 1. The molecule has 3 nitrogen and oxygen atoms in total. The van der Waals surface area contributed by atoms with Crippen molar-refractivity contribution in [2.45, 2.75) is 18.9 Å². The van der Waals surface area contributed by atoms with E-state index in [1.165, 1.54) is 0 Å². The number of aromatic nitrogens is 1. The van der Waals surface area contributed by atoms with Crippen LogP contribution in [0.3, 0.4) is 0 Å². The number of hydrogen-bond donors (Lipinski definition) is 0. The van der Waals surface area contributed by atoms with E-state index in [9.17, 15) is 4.79 Å². The first-order valence-electron chi connectivity index (χ1n) is 4.08. The van der Waals surface area contributed by atoms with E-state index in [0.29, 0.717) is 23.8 Å². The maximum absolute atomic E-state index is 10.3. The number of ether oxygens (including phenoxy) is 1. The molecule has 1 aliphatic rings. The van der Waals surface area contributed by atoms with Crippen molar-refractivity contribution in [3.63, 3.8) is 0 Å². The van der Waals surface area contributed by atoms with Crippen molar-refractivity contribution < 1.29 is 9.53 Å². The highest BCUT2D eigenvalue weighted by Gasteiger charge is 2.24. The summed E-state index contributed by atoms with van der Waals surface area (Å²) in [5.41, 5.74) is 0.327. The van der Waals surface area contributed by atoms with Crippen molar-refractivity contribution in [1.29, 1.82) is 0 Å². The first-order chi connectivity index (χ1) is 6.29. The van der Waals surface area contributed by atoms with Crippen molar-refractivity contribution in [1.82, 2.24) is 4.98 Å². The first-order valence-corrected chi connectivity index (χ1v) is 4.46. The highest BCUT2D eigenvalue weighted by Crippen LogP contribution is 2.30. The normalized spacial score (nSPS) is 15.5. The van der Waals surface area contributed by atoms with Gasteiger partial charge in [-0.1, -0.05) is 11.6 Å². The fourth-order valence-corrected chi connectivity index (χ4v) is 1.16. The van der Waals surface area contributed by atoms with Crippen LogP contribution in [0.15, 0.2) is 12.1 Å². The minimum atomic E-state index is 0.261. The highest BCUT2D eigenvalue weighted by molar-refractivity contribution is 6.30. The number of hydrogen-bond acceptors (Lipinski definition) is 3. The topological polar surface area (TPSA) is 39.2 Å². The fourth-order valence-electron chi connectivity index (χ4n) is 0.955. The van der Waals surface area contributed by atoms with E-state index in [2.05, 4.69) is 4.98 Å². The van der Waals surface area contributed by atoms with Gasteiger partial charge < -0.3 is 4.74 Å². The standard InChI is InChI=1S/C9H8ClNO2/c10-9-8(13-7-2-3-7)4-1-6(5-12)11-9/h1,4-5,7H,2-3H2. The van der Waals surface area contributed by atoms with E-state index in [1.54, 1.807) is 12.1 Å². The third-order valence-electron chi connectivity index (χ3n) is 1.77. The lowest BCUT2D eigenvalue weighted by molar-refractivity contribution is 0.111. The lowest BCUT2D eigenvalue weighted by atomic mass is 10.4. The molecule has 0 spiro atoms. The van der Waals surface area contributed by atoms with Gasteiger partial charge in [0.15, 0.2) is 17.2 Å². The molecule has 1 saturated carbocycles. The summed E-state index contributed by atoms with van der Waals surface area (Å²) in [7, 11) is 0. The molecule has 0 aliphatic heterocycles. The zero-order chi connectivity index (χ0) is 9.26. The predicted octanol–water partition coefficient (Wildman–Crippen LogP) is 2.09. The zero-order valence-electron chi connectivity index (χ0n) is 6.87. The Kier molecular flexibility index (Phi) is 2.19. The molecule has 0 radical (unpaired) electrons. The van der Waals surface area contributed by atoms with E-state index in [1.807, 2.05) is 0 Å². The average molecular weight is 198 g/mol. The molecule has 0 unspecified atom stereocenters. The van der Waals surface area contributed by atoms with Crippen LogP contribution in [-0.4, -0.2) is 17.4 Å². The number of pyridine rings is 1. The van der Waals surface area contributed by atoms with Crippen molar-refractivity contribution in [3.8, 4) is 5.75 Å². The second-order valence-corrected chi connectivity index (χ2v) is 3.32. The molecule has 0 N–H and O–H groups in total. The highest BCUT2D eigenvalue weighted by atomic mass is 35.5. The number of rotatable bonds is 3. The van der Waals surface area contributed by atoms with Crippen LogP contribution in [0.25, 0.3) is 0 Å². The van der Waals surface area contributed by atoms with Gasteiger partial charge in [-0.15, -0.1) is 0 Å². The van der Waals surface area contributed by atoms with Gasteiger partial charge in [-0.2, -0.15) is 0 Å². The first kappa shape index (κ1) is 8.51. The Bertz CT molecular complexity index is 336. The largest absolute Gasteiger partial charge is 0.487 e. The Morgan fingerprint density at radius 1 is 1.54 bits per heavy atom. The van der Waals surface area contributed by atoms with E-state index in [-0.39, 0.29) is 5.15 Å². The van der Waals surface area contributed by atoms with Crippen LogP contribution < -0.4 is 4.74 Å². The van der Waals surface area contributed by atoms with Crippen LogP contribution in [0.5, 0.6) is 5.75 Å². The Morgan fingerprint density at radius 2 is 2.31 bits per heavy atom. The lowest BCUT2D eigenvalue weighted by Gasteiger charge is -2.05. The molecule has 0 amide bonds. The number of halogens is 1. The summed E-state index contributed by atoms with van der Waals surface area (Å²) in [5.74, 6) is 0.565. The molecule has 0 saturated heterocycles. The minimum absolute atomic E-state index is 0.261. The van der Waals surface area contributed by atoms with Gasteiger partial charge >= 0.3 is 0 Å². The van der Waals surface area contributed by atoms with E-state index in [4.69, 9.17) is 16.3 Å². The Morgan fingerprint density at radius 3 is 2.85 bits per heavy atom. The van der Waals surface area contributed by atoms with Crippen molar-refractivity contribution in [3.05, 3.63) is 23.0 Å². The average Bonchev–Trinajstić information content (AvgIpc) is 2.92. The Balaban J connectivity index is 2.20. The predicted molar refractivity (Wildman–Crippen MR) is 48.3 cm³/mol. The summed E-state index contributed by atoms with van der Waals surface area (Å²) in [5, 5.41) is 0.261. The molecule has 68 valence electrons. The van der Waals surface area contributed by atoms with Crippen molar-refractivity contribution >= 4 is 17.9 Å². The molecule has 1 fully saturated rings. The van der Waals surface area contributed by atoms with Crippen LogP contribution in [-0.2, 0) is 0 Å². The molecule has 0 bridgehead atoms. The van der Waals surface area contributed by atoms with Gasteiger partial charge in [0.25, 0.3) is 0 Å². The molecule has 1 aromatic rings. The quantitative estimate of drug-likeness (QED) is 0.550. The van der Waals surface area contributed by atoms with Gasteiger partial charge in [0.1, 0.15) is 5.69 Å². The lowest BCUT2D eigenvalue weighted by Crippen LogP contribution is -1.98. The van der Waals surface area contributed by atoms with Gasteiger partial charge in [-0.25, -0.2) is 4.98 Å². The van der Waals surface area contributed by atoms with Gasteiger partial charge in [0.05, 0.1) is 6.10 Å². The molecular formula is C9H8ClNO2. The molecule has 1 heterocycles. The summed E-state index contributed by atoms with van der Waals surface area (Å²) < 4.78 is 5.45. The van der Waals surface area contributed by atoms with Gasteiger partial charge in [-0.3, -0.25) is 4.79 Å². The molecule has 2 rings (SSSR count). The molecule has 0 aromatic carbocycles. The third kappa shape index (κ3) is 1.98. The van der Waals surface area contributed by atoms with Crippen LogP contribution in [0.4, 0.5) is 0 Å². The monoisotopic (exact) mass is 197 g/mol. The fraction of sp³-hybridized carbons (Fsp3) is 0.333. The SMILES string of the molecule is O=Cc1ccc(OC2CC2)c(Cl)n1. The van der Waals surface area contributed by atoms with Gasteiger partial charge in [0.2, 0.25) is 0 Å². The van der Waals surface area contributed by atoms with E-state index in [0.717, 1.165) is 12.8 Å². The minimum Gasteiger partial charge on any atom is -0.487 e. The van der Waals surface area contributed by atoms with Crippen molar-refractivity contribution in [2.24, 2.45) is 0 Å². The number of aldehydes is 1. The molecule has 1 aliphatic carbocycles. The Labute approximate surface area is 80.7 Å². The van der Waals surface area contributed by atoms with Crippen LogP contribution in [0.2, 0.25) is 5.15 Å². The van der Waals surface area contributed by atoms with Crippen molar-refractivity contribution in [2.75, 3.05) is 0 Å². The summed E-state index contributed by atoms with van der Waals surface area (Å²) in [6.45, 7) is 0. The third-order valence-corrected chi connectivity index (χ3v) is 2.05. The summed E-state index contributed by atoms with van der Waals surface area (Å²) in [6, 6.07) is 3.27. The molecule has 4 heteroatoms. The molecular weight excluding hydrogens is 190 g/mol. The second-order valence-electron chi connectivity index (χ2n) is 2.96. The number of carbonyl (C=O) groups is 1. The maximum atomic E-state index is 10.3.